The van der Waals surface area contributed by atoms with Gasteiger partial charge in [0.15, 0.2) is 0 Å². The first-order valence-electron chi connectivity index (χ1n) is 10.6. The molecule has 0 aromatic carbocycles. The van der Waals surface area contributed by atoms with Crippen LogP contribution in [0.2, 0.25) is 0 Å². The van der Waals surface area contributed by atoms with Gasteiger partial charge in [0, 0.05) is 26.2 Å². The molecule has 7 nitrogen and oxygen atoms in total. The first kappa shape index (κ1) is 19.9. The normalized spacial score (nSPS) is 18.7. The number of hydrogen-bond acceptors (Lipinski definition) is 4. The highest BCUT2D eigenvalue weighted by atomic mass is 35.5. The summed E-state index contributed by atoms with van der Waals surface area (Å²) in [5.74, 6) is 0.935. The Labute approximate surface area is 184 Å². The van der Waals surface area contributed by atoms with Crippen molar-refractivity contribution < 1.29 is 0 Å². The summed E-state index contributed by atoms with van der Waals surface area (Å²) in [4.78, 5) is 33.1. The van der Waals surface area contributed by atoms with Crippen LogP contribution in [0, 0.1) is 0 Å². The number of nitrogens with zero attached hydrogens (tertiary/aromatic N) is 4. The monoisotopic (exact) mass is 437 g/mol. The van der Waals surface area contributed by atoms with E-state index in [1.165, 1.54) is 23.6 Å². The standard InChI is InChI=1S/C23H24ClN5O2/c1-27-23(31)21-18(26-27)13-20(30)29(22(21)15-7-9-16(24)10-8-15)14-17-5-4-6-19(25-17)28-11-2-3-12-28/h4-9,13,16,26H,2-3,10-12,14H2,1H3. The van der Waals surface area contributed by atoms with Gasteiger partial charge in [-0.05, 0) is 37.0 Å². The Morgan fingerprint density at radius 2 is 2.03 bits per heavy atom. The van der Waals surface area contributed by atoms with E-state index in [0.29, 0.717) is 23.0 Å². The summed E-state index contributed by atoms with van der Waals surface area (Å²) in [7, 11) is 1.65. The van der Waals surface area contributed by atoms with Crippen molar-refractivity contribution in [3.63, 3.8) is 0 Å². The molecule has 160 valence electrons. The van der Waals surface area contributed by atoms with Crippen molar-refractivity contribution in [2.24, 2.45) is 7.05 Å². The third-order valence-electron chi connectivity index (χ3n) is 5.98. The molecule has 0 radical (unpaired) electrons. The van der Waals surface area contributed by atoms with Crippen LogP contribution < -0.4 is 16.0 Å². The van der Waals surface area contributed by atoms with Crippen LogP contribution in [0.15, 0.2) is 52.1 Å². The molecule has 1 aliphatic carbocycles. The second kappa shape index (κ2) is 7.89. The van der Waals surface area contributed by atoms with Crippen molar-refractivity contribution in [2.45, 2.75) is 31.2 Å². The number of halogens is 1. The lowest BCUT2D eigenvalue weighted by molar-refractivity contribution is 0.732. The lowest BCUT2D eigenvalue weighted by atomic mass is 10.0. The SMILES string of the molecule is Cn1[nH]c2cc(=O)n(Cc3cccc(N4CCCC4)n3)c(C3=CCC(Cl)C=C3)c2c1=O. The van der Waals surface area contributed by atoms with Crippen LogP contribution in [0.3, 0.4) is 0 Å². The summed E-state index contributed by atoms with van der Waals surface area (Å²) in [6.45, 7) is 2.30. The molecule has 5 rings (SSSR count). The van der Waals surface area contributed by atoms with E-state index in [9.17, 15) is 9.59 Å². The Balaban J connectivity index is 1.66. The topological polar surface area (TPSA) is 75.9 Å². The summed E-state index contributed by atoms with van der Waals surface area (Å²) >= 11 is 6.22. The van der Waals surface area contributed by atoms with Crippen molar-refractivity contribution in [3.8, 4) is 0 Å². The van der Waals surface area contributed by atoms with Crippen LogP contribution in [0.1, 0.15) is 30.7 Å². The lowest BCUT2D eigenvalue weighted by Crippen LogP contribution is -2.26. The minimum absolute atomic E-state index is 0.0870. The van der Waals surface area contributed by atoms with Crippen molar-refractivity contribution >= 4 is 33.9 Å². The van der Waals surface area contributed by atoms with Crippen LogP contribution in [0.5, 0.6) is 0 Å². The molecular formula is C23H24ClN5O2. The molecule has 1 saturated heterocycles. The molecule has 2 aliphatic rings. The summed E-state index contributed by atoms with van der Waals surface area (Å²) in [6, 6.07) is 7.40. The van der Waals surface area contributed by atoms with Gasteiger partial charge in [-0.2, -0.15) is 0 Å². The molecule has 1 fully saturated rings. The van der Waals surface area contributed by atoms with Gasteiger partial charge in [-0.15, -0.1) is 11.6 Å². The molecule has 1 N–H and O–H groups in total. The minimum atomic E-state index is -0.181. The number of nitrogens with one attached hydrogen (secondary N) is 1. The molecule has 3 aromatic rings. The van der Waals surface area contributed by atoms with Gasteiger partial charge in [0.1, 0.15) is 5.82 Å². The van der Waals surface area contributed by atoms with E-state index < -0.39 is 0 Å². The molecule has 0 saturated carbocycles. The number of allylic oxidation sites excluding steroid dienone is 4. The molecule has 0 bridgehead atoms. The van der Waals surface area contributed by atoms with Crippen LogP contribution >= 0.6 is 11.6 Å². The van der Waals surface area contributed by atoms with E-state index in [1.54, 1.807) is 11.6 Å². The summed E-state index contributed by atoms with van der Waals surface area (Å²) in [5.41, 5.74) is 2.41. The van der Waals surface area contributed by atoms with Gasteiger partial charge in [-0.1, -0.05) is 24.3 Å². The number of H-pyrrole nitrogens is 1. The van der Waals surface area contributed by atoms with Gasteiger partial charge in [-0.3, -0.25) is 19.4 Å². The quantitative estimate of drug-likeness (QED) is 0.636. The smallest absolute Gasteiger partial charge is 0.276 e. The zero-order chi connectivity index (χ0) is 21.5. The highest BCUT2D eigenvalue weighted by molar-refractivity contribution is 6.22. The largest absolute Gasteiger partial charge is 0.357 e. The molecule has 1 aliphatic heterocycles. The van der Waals surface area contributed by atoms with E-state index in [2.05, 4.69) is 10.00 Å². The molecule has 0 amide bonds. The highest BCUT2D eigenvalue weighted by Gasteiger charge is 2.21. The van der Waals surface area contributed by atoms with Crippen LogP contribution in [-0.2, 0) is 13.6 Å². The first-order valence-corrected chi connectivity index (χ1v) is 11.0. The number of alkyl halides is 1. The number of hydrogen-bond donors (Lipinski definition) is 1. The lowest BCUT2D eigenvalue weighted by Gasteiger charge is -2.19. The van der Waals surface area contributed by atoms with Gasteiger partial charge in [-0.25, -0.2) is 4.98 Å². The summed E-state index contributed by atoms with van der Waals surface area (Å²) in [5, 5.41) is 3.40. The minimum Gasteiger partial charge on any atom is -0.357 e. The number of aromatic amines is 1. The molecule has 0 spiro atoms. The van der Waals surface area contributed by atoms with Crippen molar-refractivity contribution in [1.29, 1.82) is 0 Å². The van der Waals surface area contributed by atoms with Gasteiger partial charge in [0.2, 0.25) is 0 Å². The van der Waals surface area contributed by atoms with E-state index in [-0.39, 0.29) is 23.0 Å². The van der Waals surface area contributed by atoms with E-state index in [0.717, 1.165) is 30.2 Å². The zero-order valence-corrected chi connectivity index (χ0v) is 18.1. The maximum Gasteiger partial charge on any atom is 0.276 e. The third kappa shape index (κ3) is 3.63. The predicted octanol–water partition coefficient (Wildman–Crippen LogP) is 3.02. The Bertz CT molecular complexity index is 1320. The van der Waals surface area contributed by atoms with Crippen LogP contribution in [-0.4, -0.2) is 37.8 Å². The van der Waals surface area contributed by atoms with Crippen LogP contribution in [0.25, 0.3) is 16.5 Å². The Morgan fingerprint density at radius 3 is 2.77 bits per heavy atom. The number of aryl methyl sites for hydroxylation is 1. The average molecular weight is 438 g/mol. The fraction of sp³-hybridized carbons (Fsp3) is 0.348. The van der Waals surface area contributed by atoms with Gasteiger partial charge >= 0.3 is 0 Å². The molecule has 31 heavy (non-hydrogen) atoms. The Morgan fingerprint density at radius 1 is 1.23 bits per heavy atom. The van der Waals surface area contributed by atoms with E-state index >= 15 is 0 Å². The molecule has 8 heteroatoms. The molecule has 3 aromatic heterocycles. The summed E-state index contributed by atoms with van der Waals surface area (Å²) in [6.07, 6.45) is 8.77. The van der Waals surface area contributed by atoms with Crippen molar-refractivity contribution in [1.82, 2.24) is 19.3 Å². The van der Waals surface area contributed by atoms with Gasteiger partial charge in [0.25, 0.3) is 11.1 Å². The summed E-state index contributed by atoms with van der Waals surface area (Å²) < 4.78 is 3.06. The van der Waals surface area contributed by atoms with Crippen molar-refractivity contribution in [2.75, 3.05) is 18.0 Å². The number of anilines is 1. The van der Waals surface area contributed by atoms with Crippen molar-refractivity contribution in [3.05, 3.63) is 74.6 Å². The number of rotatable bonds is 4. The zero-order valence-electron chi connectivity index (χ0n) is 17.3. The predicted molar refractivity (Wildman–Crippen MR) is 124 cm³/mol. The third-order valence-corrected chi connectivity index (χ3v) is 6.30. The fourth-order valence-electron chi connectivity index (χ4n) is 4.42. The van der Waals surface area contributed by atoms with E-state index in [4.69, 9.17) is 16.6 Å². The first-order chi connectivity index (χ1) is 15.0. The van der Waals surface area contributed by atoms with Crippen LogP contribution in [0.4, 0.5) is 5.82 Å². The van der Waals surface area contributed by atoms with E-state index in [1.807, 2.05) is 36.4 Å². The number of aromatic nitrogens is 4. The molecular weight excluding hydrogens is 414 g/mol. The number of pyridine rings is 2. The molecule has 1 unspecified atom stereocenters. The van der Waals surface area contributed by atoms with Gasteiger partial charge in [0.05, 0.1) is 34.2 Å². The maximum absolute atomic E-state index is 13.1. The van der Waals surface area contributed by atoms with Gasteiger partial charge < -0.3 is 9.47 Å². The average Bonchev–Trinajstić information content (AvgIpc) is 3.39. The second-order valence-electron chi connectivity index (χ2n) is 8.13. The Hall–Kier alpha value is -3.06. The fourth-order valence-corrected chi connectivity index (χ4v) is 4.58. The molecule has 1 atom stereocenters. The maximum atomic E-state index is 13.1. The Kier molecular flexibility index (Phi) is 5.06. The highest BCUT2D eigenvalue weighted by Crippen LogP contribution is 2.27. The second-order valence-corrected chi connectivity index (χ2v) is 8.69. The number of fused-ring (bicyclic) bond motifs is 1. The molecule has 4 heterocycles.